The molecule has 0 bridgehead atoms. The van der Waals surface area contributed by atoms with Crippen molar-refractivity contribution in [1.29, 1.82) is 0 Å². The van der Waals surface area contributed by atoms with E-state index in [-0.39, 0.29) is 96.1 Å². The number of para-hydroxylation sites is 2. The SMILES string of the molecule is CC(C)(C)OC(=O)CCCCCn1cc(CNc2cccc3c2C(=O)N(C2CCC(=O)NC2=O)C3=O)nn1.CNC(=O)c1cnc2cc(OC)c(-c3cnc(C(=O)NCCCCn4cc(CNc5cccc6c5C(=O)N(C5CCC(=O)NC5=O)C6=O)nn4)cn3)cc2c1Nc1ccccc1.CNC(=O)c1cnc2cc(OC)c(-c3cnc(C(=O)O)cn3)cc2c1Nc1ccccc1. The Hall–Kier alpha value is -16.7. The molecule has 4 aliphatic heterocycles. The normalized spacial score (nSPS) is 14.5. The van der Waals surface area contributed by atoms with Crippen molar-refractivity contribution in [3.05, 3.63) is 227 Å². The van der Waals surface area contributed by atoms with Crippen LogP contribution in [-0.4, -0.2) is 204 Å². The number of carbonyl (C=O) groups is 13. The number of piperidine rings is 2. The van der Waals surface area contributed by atoms with Gasteiger partial charge in [0.15, 0.2) is 5.69 Å². The van der Waals surface area contributed by atoms with Crippen molar-refractivity contribution in [1.82, 2.24) is 96.3 Å². The van der Waals surface area contributed by atoms with Gasteiger partial charge in [-0.1, -0.05) is 65.4 Å². The number of nitrogens with zero attached hydrogens (tertiary/aromatic N) is 14. The fraction of sp³-hybridized carbons (Fsp3) is 0.272. The van der Waals surface area contributed by atoms with Gasteiger partial charge in [-0.25, -0.2) is 14.8 Å². The number of imide groups is 4. The van der Waals surface area contributed by atoms with Crippen LogP contribution in [0.5, 0.6) is 11.5 Å². The van der Waals surface area contributed by atoms with Crippen molar-refractivity contribution >= 4 is 133 Å². The molecule has 6 aromatic carbocycles. The second-order valence-electron chi connectivity index (χ2n) is 31.6. The summed E-state index contributed by atoms with van der Waals surface area (Å²) in [6, 6.07) is 33.7. The molecule has 2 fully saturated rings. The Kier molecular flexibility index (Phi) is 28.4. The van der Waals surface area contributed by atoms with Crippen LogP contribution < -0.4 is 57.3 Å². The Bertz CT molecular complexity index is 6480. The molecule has 0 spiro atoms. The quantitative estimate of drug-likeness (QED) is 0.0110. The molecule has 16 rings (SSSR count). The highest BCUT2D eigenvalue weighted by molar-refractivity contribution is 6.27. The van der Waals surface area contributed by atoms with Gasteiger partial charge in [-0.05, 0) is 120 Å². The summed E-state index contributed by atoms with van der Waals surface area (Å²) in [6.45, 7) is 7.58. The van der Waals surface area contributed by atoms with Gasteiger partial charge in [0.05, 0.1) is 132 Å². The molecule has 2 unspecified atom stereocenters. The standard InChI is InChI=1S/C43H40N12O7.C26H32N6O6.C23H19N5O4/c1-44-39(57)29-20-47-31-18-35(62-2)27(17-28(31)38(29)50-24-9-4-3-5-10-24)32-21-49-33(22-48-32)40(58)45-15-6-7-16-54-23-25(52-53-54)19-46-30-12-8-11-26-37(30)43(61)55(42(26)60)34-13-14-36(56)51-41(34)59;1-26(2,3)38-21(34)10-5-4-6-13-31-15-16(29-30-31)14-27-18-9-7-8-17-22(18)25(37)32(24(17)36)19-11-12-20(33)28-23(19)35;1-24-22(29)16-10-25-17-9-20(32-2)14(18-11-27-19(12-26-18)23(30)31)8-15(17)21(16)28-13-6-4-3-5-7-13/h3-5,8-12,17-18,20-23,34,46H,6-7,13-16,19H2,1-2H3,(H,44,57)(H,45,58)(H,47,50)(H,51,56,59);7-9,15,19,27H,4-6,10-14H2,1-3H3,(H,28,33,35);3-12H,1-2H3,(H,24,29)(H,25,28)(H,30,31). The Labute approximate surface area is 753 Å². The minimum Gasteiger partial charge on any atom is -0.496 e. The first kappa shape index (κ1) is 91.5. The lowest BCUT2D eigenvalue weighted by Gasteiger charge is -2.27. The van der Waals surface area contributed by atoms with Crippen LogP contribution in [0.4, 0.5) is 34.1 Å². The van der Waals surface area contributed by atoms with Gasteiger partial charge in [0.2, 0.25) is 23.6 Å². The van der Waals surface area contributed by atoms with Gasteiger partial charge in [0.1, 0.15) is 46.3 Å². The summed E-state index contributed by atoms with van der Waals surface area (Å²) in [7, 11) is 6.17. The number of hydrogen-bond donors (Lipinski definition) is 10. The summed E-state index contributed by atoms with van der Waals surface area (Å²) in [5, 5.41) is 52.7. The number of ether oxygens (including phenoxy) is 3. The third-order valence-corrected chi connectivity index (χ3v) is 21.5. The minimum atomic E-state index is -1.16. The maximum absolute atomic E-state index is 13.4. The number of hydrogen-bond acceptors (Lipinski definition) is 30. The van der Waals surface area contributed by atoms with Crippen molar-refractivity contribution < 1.29 is 81.6 Å². The number of methoxy groups -OCH3 is 2. The van der Waals surface area contributed by atoms with E-state index in [0.29, 0.717) is 140 Å². The molecule has 12 aromatic rings. The van der Waals surface area contributed by atoms with Crippen molar-refractivity contribution in [2.45, 2.75) is 129 Å². The molecular weight excluding hydrogens is 1700 g/mol. The number of amides is 11. The first-order valence-corrected chi connectivity index (χ1v) is 42.1. The van der Waals surface area contributed by atoms with Gasteiger partial charge in [0, 0.05) is 122 Å². The van der Waals surface area contributed by atoms with Gasteiger partial charge in [-0.3, -0.25) is 107 Å². The lowest BCUT2D eigenvalue weighted by Crippen LogP contribution is -2.54. The zero-order valence-corrected chi connectivity index (χ0v) is 72.7. The largest absolute Gasteiger partial charge is 0.496 e. The van der Waals surface area contributed by atoms with Gasteiger partial charge < -0.3 is 56.5 Å². The molecule has 132 heavy (non-hydrogen) atoms. The van der Waals surface area contributed by atoms with E-state index in [1.54, 1.807) is 84.4 Å². The number of nitrogens with one attached hydrogen (secondary N) is 9. The summed E-state index contributed by atoms with van der Waals surface area (Å²) >= 11 is 0. The lowest BCUT2D eigenvalue weighted by molar-refractivity contribution is -0.155. The highest BCUT2D eigenvalue weighted by atomic mass is 16.6. The van der Waals surface area contributed by atoms with Crippen LogP contribution in [0.3, 0.4) is 0 Å². The fourth-order valence-corrected chi connectivity index (χ4v) is 15.1. The number of carbonyl (C=O) groups excluding carboxylic acids is 12. The molecule has 6 aromatic heterocycles. The summed E-state index contributed by atoms with van der Waals surface area (Å²) in [6.07, 6.45) is 16.4. The number of esters is 1. The average Bonchev–Trinajstić information content (AvgIpc) is 1.60. The van der Waals surface area contributed by atoms with E-state index in [1.165, 1.54) is 57.5 Å². The third kappa shape index (κ3) is 21.1. The predicted molar refractivity (Wildman–Crippen MR) is 479 cm³/mol. The summed E-state index contributed by atoms with van der Waals surface area (Å²) in [4.78, 5) is 190. The van der Waals surface area contributed by atoms with Crippen LogP contribution >= 0.6 is 0 Å². The predicted octanol–water partition coefficient (Wildman–Crippen LogP) is 9.31. The van der Waals surface area contributed by atoms with Crippen LogP contribution in [0.25, 0.3) is 44.3 Å². The molecule has 10 heterocycles. The van der Waals surface area contributed by atoms with Gasteiger partial charge >= 0.3 is 11.9 Å². The monoisotopic (exact) mass is 1790 g/mol. The number of fused-ring (bicyclic) bond motifs is 4. The lowest BCUT2D eigenvalue weighted by atomic mass is 10.0. The highest BCUT2D eigenvalue weighted by Gasteiger charge is 2.48. The number of pyridine rings is 2. The second kappa shape index (κ2) is 40.9. The first-order chi connectivity index (χ1) is 63.7. The van der Waals surface area contributed by atoms with E-state index in [1.807, 2.05) is 87.5 Å². The van der Waals surface area contributed by atoms with Crippen molar-refractivity contribution in [2.24, 2.45) is 0 Å². The molecule has 0 aliphatic carbocycles. The molecule has 0 radical (unpaired) electrons. The average molecular weight is 1790 g/mol. The third-order valence-electron chi connectivity index (χ3n) is 21.5. The topological polar surface area (TPSA) is 523 Å². The van der Waals surface area contributed by atoms with Crippen LogP contribution in [0.2, 0.25) is 0 Å². The van der Waals surface area contributed by atoms with Crippen molar-refractivity contribution in [3.8, 4) is 34.0 Å². The van der Waals surface area contributed by atoms with Gasteiger partial charge in [0.25, 0.3) is 41.4 Å². The number of carboxylic acid groups (broad SMARTS) is 1. The Morgan fingerprint density at radius 1 is 0.492 bits per heavy atom. The highest BCUT2D eigenvalue weighted by Crippen LogP contribution is 2.41. The smallest absolute Gasteiger partial charge is 0.356 e. The Morgan fingerprint density at radius 2 is 0.947 bits per heavy atom. The number of unbranched alkanes of at least 4 members (excludes halogenated alkanes) is 3. The molecule has 10 N–H and O–H groups in total. The number of aryl methyl sites for hydroxylation is 2. The molecule has 4 aliphatic rings. The van der Waals surface area contributed by atoms with Crippen LogP contribution in [0.15, 0.2) is 171 Å². The van der Waals surface area contributed by atoms with Crippen LogP contribution in [0.1, 0.15) is 179 Å². The Morgan fingerprint density at radius 3 is 1.36 bits per heavy atom. The molecule has 40 heteroatoms. The molecule has 2 atom stereocenters. The minimum absolute atomic E-state index is 0.0355. The zero-order valence-electron chi connectivity index (χ0n) is 72.7. The van der Waals surface area contributed by atoms with E-state index in [9.17, 15) is 62.3 Å². The molecular formula is C92H91N23O17. The van der Waals surface area contributed by atoms with Crippen molar-refractivity contribution in [3.63, 3.8) is 0 Å². The molecule has 676 valence electrons. The molecule has 11 amide bonds. The summed E-state index contributed by atoms with van der Waals surface area (Å²) in [5.41, 5.74) is 9.00. The van der Waals surface area contributed by atoms with E-state index >= 15 is 0 Å². The van der Waals surface area contributed by atoms with E-state index < -0.39 is 70.9 Å². The van der Waals surface area contributed by atoms with E-state index in [2.05, 4.69) is 98.4 Å². The maximum Gasteiger partial charge on any atom is 0.356 e. The van der Waals surface area contributed by atoms with Gasteiger partial charge in [-0.15, -0.1) is 10.2 Å². The number of carboxylic acids is 1. The maximum atomic E-state index is 13.4. The number of aromatic carboxylic acids is 1. The zero-order chi connectivity index (χ0) is 93.4. The van der Waals surface area contributed by atoms with E-state index in [4.69, 9.17) is 19.3 Å². The van der Waals surface area contributed by atoms with E-state index in [0.717, 1.165) is 40.4 Å². The number of benzene rings is 6. The summed E-state index contributed by atoms with van der Waals surface area (Å²) < 4.78 is 19.9. The number of anilines is 6. The Balaban J connectivity index is 0.000000171. The second-order valence-corrected chi connectivity index (χ2v) is 31.6. The molecule has 2 saturated heterocycles. The summed E-state index contributed by atoms with van der Waals surface area (Å²) in [5.74, 6) is -5.86. The van der Waals surface area contributed by atoms with Crippen molar-refractivity contribution in [2.75, 3.05) is 56.1 Å². The fourth-order valence-electron chi connectivity index (χ4n) is 15.1. The number of aromatic nitrogens is 12. The first-order valence-electron chi connectivity index (χ1n) is 42.1. The van der Waals surface area contributed by atoms with Crippen LogP contribution in [-0.2, 0) is 54.9 Å². The van der Waals surface area contributed by atoms with Crippen LogP contribution in [0, 0.1) is 0 Å². The molecule has 40 nitrogen and oxygen atoms in total. The number of rotatable bonds is 31. The van der Waals surface area contributed by atoms with Gasteiger partial charge in [-0.2, -0.15) is 0 Å². The molecule has 0 saturated carbocycles.